The van der Waals surface area contributed by atoms with E-state index in [0.29, 0.717) is 12.1 Å². The number of rotatable bonds is 3. The first-order valence-corrected chi connectivity index (χ1v) is 6.42. The van der Waals surface area contributed by atoms with Gasteiger partial charge in [-0.25, -0.2) is 8.78 Å². The largest absolute Gasteiger partial charge is 0.302 e. The van der Waals surface area contributed by atoms with E-state index in [1.807, 2.05) is 0 Å². The number of likely N-dealkylation sites (tertiary alicyclic amines) is 1. The summed E-state index contributed by atoms with van der Waals surface area (Å²) in [6.07, 6.45) is 3.66. The van der Waals surface area contributed by atoms with Crippen LogP contribution in [0.25, 0.3) is 0 Å². The molecule has 1 aromatic carbocycles. The minimum Gasteiger partial charge on any atom is -0.302 e. The molecule has 1 unspecified atom stereocenters. The van der Waals surface area contributed by atoms with Crippen molar-refractivity contribution in [2.24, 2.45) is 0 Å². The maximum Gasteiger partial charge on any atom is 0.159 e. The molecule has 1 aromatic rings. The maximum absolute atomic E-state index is 13.1. The van der Waals surface area contributed by atoms with Crippen LogP contribution in [0.5, 0.6) is 0 Å². The molecule has 1 fully saturated rings. The molecule has 0 saturated carbocycles. The Morgan fingerprint density at radius 1 is 1.12 bits per heavy atom. The molecule has 94 valence electrons. The van der Waals surface area contributed by atoms with E-state index < -0.39 is 11.6 Å². The summed E-state index contributed by atoms with van der Waals surface area (Å²) in [5.41, 5.74) is 0.649. The SMILES string of the molecule is Fc1ccc(C(Cl)CN2CCCCC2)cc1F. The van der Waals surface area contributed by atoms with Gasteiger partial charge in [0.25, 0.3) is 0 Å². The summed E-state index contributed by atoms with van der Waals surface area (Å²) in [5, 5.41) is -0.275. The highest BCUT2D eigenvalue weighted by molar-refractivity contribution is 6.21. The van der Waals surface area contributed by atoms with Crippen molar-refractivity contribution >= 4 is 11.6 Å². The third-order valence-corrected chi connectivity index (χ3v) is 3.56. The van der Waals surface area contributed by atoms with Gasteiger partial charge in [-0.3, -0.25) is 0 Å². The Morgan fingerprint density at radius 2 is 1.82 bits per heavy atom. The summed E-state index contributed by atoms with van der Waals surface area (Å²) >= 11 is 6.23. The van der Waals surface area contributed by atoms with Crippen LogP contribution in [0.3, 0.4) is 0 Å². The van der Waals surface area contributed by atoms with Crippen LogP contribution in [0.4, 0.5) is 8.78 Å². The Morgan fingerprint density at radius 3 is 2.47 bits per heavy atom. The number of halogens is 3. The molecule has 0 radical (unpaired) electrons. The summed E-state index contributed by atoms with van der Waals surface area (Å²) in [7, 11) is 0. The summed E-state index contributed by atoms with van der Waals surface area (Å²) in [6.45, 7) is 2.80. The number of alkyl halides is 1. The zero-order valence-corrected chi connectivity index (χ0v) is 10.4. The van der Waals surface area contributed by atoms with Crippen LogP contribution < -0.4 is 0 Å². The summed E-state index contributed by atoms with van der Waals surface area (Å²) < 4.78 is 25.9. The lowest BCUT2D eigenvalue weighted by Crippen LogP contribution is -2.32. The van der Waals surface area contributed by atoms with Gasteiger partial charge in [0.05, 0.1) is 5.38 Å². The van der Waals surface area contributed by atoms with Gasteiger partial charge in [0.2, 0.25) is 0 Å². The van der Waals surface area contributed by atoms with Crippen molar-refractivity contribution in [3.8, 4) is 0 Å². The van der Waals surface area contributed by atoms with Crippen molar-refractivity contribution < 1.29 is 8.78 Å². The fourth-order valence-corrected chi connectivity index (χ4v) is 2.51. The highest BCUT2D eigenvalue weighted by Gasteiger charge is 2.17. The van der Waals surface area contributed by atoms with Crippen LogP contribution in [0.15, 0.2) is 18.2 Å². The van der Waals surface area contributed by atoms with Crippen LogP contribution in [0, 0.1) is 11.6 Å². The van der Waals surface area contributed by atoms with Gasteiger partial charge in [-0.1, -0.05) is 12.5 Å². The smallest absolute Gasteiger partial charge is 0.159 e. The second-order valence-electron chi connectivity index (χ2n) is 4.50. The molecule has 0 bridgehead atoms. The van der Waals surface area contributed by atoms with Gasteiger partial charge in [-0.15, -0.1) is 11.6 Å². The molecule has 0 aromatic heterocycles. The molecule has 1 aliphatic rings. The zero-order chi connectivity index (χ0) is 12.3. The molecule has 1 nitrogen and oxygen atoms in total. The fraction of sp³-hybridized carbons (Fsp3) is 0.538. The summed E-state index contributed by atoms with van der Waals surface area (Å²) in [5.74, 6) is -1.65. The van der Waals surface area contributed by atoms with Crippen LogP contribution in [-0.2, 0) is 0 Å². The second kappa shape index (κ2) is 5.78. The molecule has 0 amide bonds. The van der Waals surface area contributed by atoms with Gasteiger partial charge in [0.15, 0.2) is 11.6 Å². The molecule has 4 heteroatoms. The predicted octanol–water partition coefficient (Wildman–Crippen LogP) is 3.73. The van der Waals surface area contributed by atoms with E-state index in [0.717, 1.165) is 19.2 Å². The Kier molecular flexibility index (Phi) is 4.35. The summed E-state index contributed by atoms with van der Waals surface area (Å²) in [4.78, 5) is 2.28. The number of benzene rings is 1. The van der Waals surface area contributed by atoms with Crippen LogP contribution in [0.2, 0.25) is 0 Å². The van der Waals surface area contributed by atoms with Gasteiger partial charge in [-0.2, -0.15) is 0 Å². The predicted molar refractivity (Wildman–Crippen MR) is 65.2 cm³/mol. The number of hydrogen-bond acceptors (Lipinski definition) is 1. The first-order valence-electron chi connectivity index (χ1n) is 5.98. The molecular formula is C13H16ClF2N. The third-order valence-electron chi connectivity index (χ3n) is 3.17. The highest BCUT2D eigenvalue weighted by atomic mass is 35.5. The molecule has 1 atom stereocenters. The van der Waals surface area contributed by atoms with E-state index in [1.54, 1.807) is 6.07 Å². The van der Waals surface area contributed by atoms with E-state index in [1.165, 1.54) is 25.3 Å². The molecular weight excluding hydrogens is 244 g/mol. The Balaban J connectivity index is 1.98. The lowest BCUT2D eigenvalue weighted by Gasteiger charge is -2.28. The minimum atomic E-state index is -0.827. The monoisotopic (exact) mass is 259 g/mol. The molecule has 1 heterocycles. The van der Waals surface area contributed by atoms with Gasteiger partial charge in [0, 0.05) is 6.54 Å². The van der Waals surface area contributed by atoms with E-state index in [4.69, 9.17) is 11.6 Å². The standard InChI is InChI=1S/C13H16ClF2N/c14-11(9-17-6-2-1-3-7-17)10-4-5-12(15)13(16)8-10/h4-5,8,11H,1-3,6-7,9H2. The molecule has 2 rings (SSSR count). The van der Waals surface area contributed by atoms with Crippen molar-refractivity contribution in [3.63, 3.8) is 0 Å². The van der Waals surface area contributed by atoms with Crippen LogP contribution in [-0.4, -0.2) is 24.5 Å². The fourth-order valence-electron chi connectivity index (χ4n) is 2.18. The Labute approximate surface area is 105 Å². The molecule has 1 aliphatic heterocycles. The molecule has 1 saturated heterocycles. The summed E-state index contributed by atoms with van der Waals surface area (Å²) in [6, 6.07) is 3.88. The molecule has 0 N–H and O–H groups in total. The first kappa shape index (κ1) is 12.8. The zero-order valence-electron chi connectivity index (χ0n) is 9.63. The second-order valence-corrected chi connectivity index (χ2v) is 5.03. The topological polar surface area (TPSA) is 3.24 Å². The first-order chi connectivity index (χ1) is 8.16. The Hall–Kier alpha value is -0.670. The van der Waals surface area contributed by atoms with Crippen LogP contribution in [0.1, 0.15) is 30.2 Å². The molecule has 0 spiro atoms. The number of nitrogens with zero attached hydrogens (tertiary/aromatic N) is 1. The van der Waals surface area contributed by atoms with Crippen molar-refractivity contribution in [2.75, 3.05) is 19.6 Å². The normalized spacial score (nSPS) is 19.2. The third kappa shape index (κ3) is 3.39. The highest BCUT2D eigenvalue weighted by Crippen LogP contribution is 2.24. The van der Waals surface area contributed by atoms with Crippen molar-refractivity contribution in [3.05, 3.63) is 35.4 Å². The van der Waals surface area contributed by atoms with Gasteiger partial charge >= 0.3 is 0 Å². The maximum atomic E-state index is 13.1. The minimum absolute atomic E-state index is 0.275. The molecule has 0 aliphatic carbocycles. The van der Waals surface area contributed by atoms with Crippen molar-refractivity contribution in [1.29, 1.82) is 0 Å². The van der Waals surface area contributed by atoms with Crippen molar-refractivity contribution in [2.45, 2.75) is 24.6 Å². The Bertz CT molecular complexity index is 378. The number of piperidine rings is 1. The van der Waals surface area contributed by atoms with E-state index in [-0.39, 0.29) is 5.38 Å². The average molecular weight is 260 g/mol. The van der Waals surface area contributed by atoms with E-state index >= 15 is 0 Å². The van der Waals surface area contributed by atoms with Gasteiger partial charge in [0.1, 0.15) is 0 Å². The molecule has 17 heavy (non-hydrogen) atoms. The van der Waals surface area contributed by atoms with E-state index in [9.17, 15) is 8.78 Å². The van der Waals surface area contributed by atoms with Gasteiger partial charge < -0.3 is 4.90 Å². The quantitative estimate of drug-likeness (QED) is 0.748. The van der Waals surface area contributed by atoms with Crippen molar-refractivity contribution in [1.82, 2.24) is 4.90 Å². The van der Waals surface area contributed by atoms with Gasteiger partial charge in [-0.05, 0) is 43.6 Å². The van der Waals surface area contributed by atoms with E-state index in [2.05, 4.69) is 4.90 Å². The van der Waals surface area contributed by atoms with Crippen LogP contribution >= 0.6 is 11.6 Å². The number of hydrogen-bond donors (Lipinski definition) is 0. The average Bonchev–Trinajstić information content (AvgIpc) is 2.34. The lowest BCUT2D eigenvalue weighted by molar-refractivity contribution is 0.229. The lowest BCUT2D eigenvalue weighted by atomic mass is 10.1.